The first-order valence-corrected chi connectivity index (χ1v) is 9.25. The zero-order valence-electron chi connectivity index (χ0n) is 14.9. The van der Waals surface area contributed by atoms with Crippen LogP contribution in [0.25, 0.3) is 0 Å². The summed E-state index contributed by atoms with van der Waals surface area (Å²) in [7, 11) is 0. The smallest absolute Gasteiger partial charge is 0.224 e. The van der Waals surface area contributed by atoms with Crippen molar-refractivity contribution in [2.45, 2.75) is 52.5 Å². The molecule has 124 valence electrons. The van der Waals surface area contributed by atoms with Gasteiger partial charge < -0.3 is 4.90 Å². The average Bonchev–Trinajstić information content (AvgIpc) is 2.62. The molecule has 0 N–H and O–H groups in total. The van der Waals surface area contributed by atoms with Crippen molar-refractivity contribution in [2.75, 3.05) is 11.6 Å². The van der Waals surface area contributed by atoms with Gasteiger partial charge in [-0.1, -0.05) is 42.8 Å². The van der Waals surface area contributed by atoms with Gasteiger partial charge in [0.1, 0.15) is 0 Å². The van der Waals surface area contributed by atoms with E-state index in [1.54, 1.807) is 5.71 Å². The summed E-state index contributed by atoms with van der Waals surface area (Å²) in [5.41, 5.74) is 8.67. The van der Waals surface area contributed by atoms with E-state index in [9.17, 15) is 0 Å². The van der Waals surface area contributed by atoms with Gasteiger partial charge >= 0.3 is 0 Å². The number of nitrogens with zero attached hydrogens (tertiary/aromatic N) is 2. The molecule has 0 radical (unpaired) electrons. The maximum absolute atomic E-state index is 2.60. The molecule has 1 heterocycles. The predicted octanol–water partition coefficient (Wildman–Crippen LogP) is 5.33. The highest BCUT2D eigenvalue weighted by Gasteiger charge is 2.31. The Morgan fingerprint density at radius 2 is 1.54 bits per heavy atom. The van der Waals surface area contributed by atoms with Crippen molar-refractivity contribution in [2.24, 2.45) is 0 Å². The quantitative estimate of drug-likeness (QED) is 0.644. The second-order valence-corrected chi connectivity index (χ2v) is 7.26. The van der Waals surface area contributed by atoms with Gasteiger partial charge in [0.05, 0.1) is 6.54 Å². The minimum Gasteiger partial charge on any atom is -0.312 e. The van der Waals surface area contributed by atoms with Crippen LogP contribution in [0.1, 0.15) is 48.8 Å². The van der Waals surface area contributed by atoms with Crippen LogP contribution < -0.4 is 4.90 Å². The molecule has 1 fully saturated rings. The maximum Gasteiger partial charge on any atom is 0.224 e. The van der Waals surface area contributed by atoms with E-state index >= 15 is 0 Å². The Balaban J connectivity index is 1.81. The van der Waals surface area contributed by atoms with Crippen molar-refractivity contribution in [3.8, 4) is 0 Å². The van der Waals surface area contributed by atoms with Gasteiger partial charge in [0.2, 0.25) is 12.4 Å². The second-order valence-electron chi connectivity index (χ2n) is 7.26. The summed E-state index contributed by atoms with van der Waals surface area (Å²) < 4.78 is 2.60. The number of aryl methyl sites for hydroxylation is 2. The highest BCUT2D eigenvalue weighted by molar-refractivity contribution is 5.82. The first kappa shape index (κ1) is 15.4. The molecule has 1 aliphatic carbocycles. The van der Waals surface area contributed by atoms with Crippen LogP contribution in [0.5, 0.6) is 0 Å². The summed E-state index contributed by atoms with van der Waals surface area (Å²) in [4.78, 5) is 2.56. The fourth-order valence-corrected chi connectivity index (χ4v) is 4.36. The van der Waals surface area contributed by atoms with Gasteiger partial charge in [-0.05, 0) is 37.8 Å². The topological polar surface area (TPSA) is 6.25 Å². The molecule has 0 unspecified atom stereocenters. The molecule has 0 spiro atoms. The van der Waals surface area contributed by atoms with Gasteiger partial charge in [-0.25, -0.2) is 0 Å². The molecule has 2 aliphatic rings. The van der Waals surface area contributed by atoms with E-state index in [4.69, 9.17) is 0 Å². The van der Waals surface area contributed by atoms with Gasteiger partial charge in [0.15, 0.2) is 5.71 Å². The molecule has 2 nitrogen and oxygen atoms in total. The second kappa shape index (κ2) is 6.43. The molecule has 1 aliphatic heterocycles. The van der Waals surface area contributed by atoms with Crippen molar-refractivity contribution in [3.63, 3.8) is 0 Å². The molecule has 2 heteroatoms. The SMILES string of the molecule is Cc1cccc(C)c1N1Cc2ccccc2[N+](=C2CCCCC2)C1. The van der Waals surface area contributed by atoms with Crippen LogP contribution in [0.2, 0.25) is 0 Å². The molecule has 4 rings (SSSR count). The molecule has 0 atom stereocenters. The lowest BCUT2D eigenvalue weighted by molar-refractivity contribution is -0.448. The van der Waals surface area contributed by atoms with Gasteiger partial charge in [-0.15, -0.1) is 0 Å². The molecular weight excluding hydrogens is 292 g/mol. The molecule has 1 saturated carbocycles. The van der Waals surface area contributed by atoms with Crippen LogP contribution in [0.4, 0.5) is 11.4 Å². The van der Waals surface area contributed by atoms with Crippen LogP contribution in [0, 0.1) is 13.8 Å². The number of fused-ring (bicyclic) bond motifs is 1. The minimum absolute atomic E-state index is 0.984. The van der Waals surface area contributed by atoms with Gasteiger partial charge in [-0.2, -0.15) is 4.58 Å². The lowest BCUT2D eigenvalue weighted by Gasteiger charge is -2.31. The van der Waals surface area contributed by atoms with Crippen LogP contribution >= 0.6 is 0 Å². The largest absolute Gasteiger partial charge is 0.312 e. The number of hydrogen-bond acceptors (Lipinski definition) is 1. The highest BCUT2D eigenvalue weighted by atomic mass is 15.3. The zero-order chi connectivity index (χ0) is 16.5. The van der Waals surface area contributed by atoms with Gasteiger partial charge in [0.25, 0.3) is 0 Å². The summed E-state index contributed by atoms with van der Waals surface area (Å²) in [6.07, 6.45) is 6.60. The van der Waals surface area contributed by atoms with E-state index in [1.165, 1.54) is 60.2 Å². The van der Waals surface area contributed by atoms with Crippen molar-refractivity contribution >= 4 is 17.1 Å². The normalized spacial score (nSPS) is 17.8. The molecule has 0 saturated heterocycles. The fourth-order valence-electron chi connectivity index (χ4n) is 4.36. The Labute approximate surface area is 145 Å². The van der Waals surface area contributed by atoms with E-state index in [0.29, 0.717) is 0 Å². The lowest BCUT2D eigenvalue weighted by Crippen LogP contribution is -2.38. The Hall–Kier alpha value is -2.09. The number of rotatable bonds is 1. The molecular formula is C22H27N2+. The predicted molar refractivity (Wildman–Crippen MR) is 101 cm³/mol. The monoisotopic (exact) mass is 319 g/mol. The number of hydrogen-bond donors (Lipinski definition) is 0. The van der Waals surface area contributed by atoms with Crippen molar-refractivity contribution < 1.29 is 4.58 Å². The standard InChI is InChI=1S/C22H27N2/c1-17-9-8-10-18(2)22(17)23-15-19-11-6-7-14-21(19)24(16-23)20-12-4-3-5-13-20/h6-11,14H,3-5,12-13,15-16H2,1-2H3/q+1. The van der Waals surface area contributed by atoms with E-state index in [2.05, 4.69) is 65.8 Å². The van der Waals surface area contributed by atoms with Crippen molar-refractivity contribution in [1.82, 2.24) is 0 Å². The van der Waals surface area contributed by atoms with E-state index in [0.717, 1.165) is 13.2 Å². The van der Waals surface area contributed by atoms with Crippen LogP contribution in [0.3, 0.4) is 0 Å². The van der Waals surface area contributed by atoms with Crippen LogP contribution in [0.15, 0.2) is 42.5 Å². The van der Waals surface area contributed by atoms with Crippen molar-refractivity contribution in [3.05, 3.63) is 59.2 Å². The zero-order valence-corrected chi connectivity index (χ0v) is 14.9. The number of para-hydroxylation sites is 2. The third kappa shape index (κ3) is 2.75. The minimum atomic E-state index is 0.984. The number of benzene rings is 2. The van der Waals surface area contributed by atoms with Gasteiger partial charge in [0, 0.05) is 30.2 Å². The van der Waals surface area contributed by atoms with Crippen LogP contribution in [-0.2, 0) is 6.54 Å². The molecule has 2 aromatic carbocycles. The fraction of sp³-hybridized carbons (Fsp3) is 0.409. The van der Waals surface area contributed by atoms with E-state index in [-0.39, 0.29) is 0 Å². The molecule has 0 amide bonds. The summed E-state index contributed by atoms with van der Waals surface area (Å²) in [5.74, 6) is 0. The van der Waals surface area contributed by atoms with Crippen molar-refractivity contribution in [1.29, 1.82) is 0 Å². The summed E-state index contributed by atoms with van der Waals surface area (Å²) in [5, 5.41) is 0. The Kier molecular flexibility index (Phi) is 4.13. The third-order valence-electron chi connectivity index (χ3n) is 5.52. The van der Waals surface area contributed by atoms with E-state index < -0.39 is 0 Å². The Bertz CT molecular complexity index is 760. The van der Waals surface area contributed by atoms with Crippen LogP contribution in [-0.4, -0.2) is 17.0 Å². The first-order valence-electron chi connectivity index (χ1n) is 9.25. The molecule has 0 bridgehead atoms. The molecule has 0 aromatic heterocycles. The molecule has 24 heavy (non-hydrogen) atoms. The first-order chi connectivity index (χ1) is 11.7. The summed E-state index contributed by atoms with van der Waals surface area (Å²) in [6, 6.07) is 15.6. The summed E-state index contributed by atoms with van der Waals surface area (Å²) in [6.45, 7) is 6.46. The Morgan fingerprint density at radius 1 is 0.833 bits per heavy atom. The Morgan fingerprint density at radius 3 is 2.29 bits per heavy atom. The summed E-state index contributed by atoms with van der Waals surface area (Å²) >= 11 is 0. The van der Waals surface area contributed by atoms with E-state index in [1.807, 2.05) is 0 Å². The average molecular weight is 319 g/mol. The highest BCUT2D eigenvalue weighted by Crippen LogP contribution is 2.33. The van der Waals surface area contributed by atoms with Gasteiger partial charge in [-0.3, -0.25) is 0 Å². The third-order valence-corrected chi connectivity index (χ3v) is 5.52. The number of anilines is 1. The maximum atomic E-state index is 2.60. The lowest BCUT2D eigenvalue weighted by atomic mass is 9.97. The molecule has 2 aromatic rings.